The zero-order chi connectivity index (χ0) is 9.84. The van der Waals surface area contributed by atoms with Gasteiger partial charge in [-0.1, -0.05) is 13.3 Å². The van der Waals surface area contributed by atoms with Crippen LogP contribution in [-0.4, -0.2) is 10.9 Å². The van der Waals surface area contributed by atoms with Crippen molar-refractivity contribution in [1.29, 1.82) is 0 Å². The molecule has 0 saturated carbocycles. The summed E-state index contributed by atoms with van der Waals surface area (Å²) in [6, 6.07) is 3.17. The predicted molar refractivity (Wildman–Crippen MR) is 51.2 cm³/mol. The third-order valence-electron chi connectivity index (χ3n) is 1.69. The molecule has 0 aromatic carbocycles. The summed E-state index contributed by atoms with van der Waals surface area (Å²) in [6.45, 7) is 2.04. The van der Waals surface area contributed by atoms with E-state index in [1.165, 1.54) is 6.07 Å². The Bertz CT molecular complexity index is 323. The molecule has 0 unspecified atom stereocenters. The van der Waals surface area contributed by atoms with E-state index in [0.717, 1.165) is 18.5 Å². The first-order valence-corrected chi connectivity index (χ1v) is 4.19. The van der Waals surface area contributed by atoms with Gasteiger partial charge in [0.2, 0.25) is 5.91 Å². The fraction of sp³-hybridized carbons (Fsp3) is 0.333. The lowest BCUT2D eigenvalue weighted by Gasteiger charge is -2.02. The second kappa shape index (κ2) is 3.89. The van der Waals surface area contributed by atoms with E-state index in [-0.39, 0.29) is 0 Å². The molecule has 0 radical (unpaired) electrons. The molecular weight excluding hydrogens is 166 g/mol. The molecule has 0 saturated heterocycles. The van der Waals surface area contributed by atoms with Gasteiger partial charge in [-0.15, -0.1) is 0 Å². The van der Waals surface area contributed by atoms with Crippen LogP contribution >= 0.6 is 0 Å². The van der Waals surface area contributed by atoms with Gasteiger partial charge in [-0.3, -0.25) is 4.79 Å². The minimum atomic E-state index is -0.466. The summed E-state index contributed by atoms with van der Waals surface area (Å²) in [7, 11) is 0. The van der Waals surface area contributed by atoms with Crippen molar-refractivity contribution >= 4 is 11.7 Å². The van der Waals surface area contributed by atoms with Crippen molar-refractivity contribution in [2.24, 2.45) is 5.73 Å². The average molecular weight is 179 g/mol. The third kappa shape index (κ3) is 2.43. The Morgan fingerprint density at radius 2 is 2.23 bits per heavy atom. The zero-order valence-electron chi connectivity index (χ0n) is 7.58. The fourth-order valence-electron chi connectivity index (χ4n) is 1.14. The number of carbonyl (C=O) groups excluding carboxylic acids is 1. The number of rotatable bonds is 3. The molecule has 4 nitrogen and oxygen atoms in total. The van der Waals surface area contributed by atoms with E-state index >= 15 is 0 Å². The number of carbonyl (C=O) groups is 1. The highest BCUT2D eigenvalue weighted by Gasteiger charge is 2.04. The number of hydrogen-bond acceptors (Lipinski definition) is 3. The van der Waals surface area contributed by atoms with Gasteiger partial charge in [0.05, 0.1) is 0 Å². The summed E-state index contributed by atoms with van der Waals surface area (Å²) < 4.78 is 0. The normalized spacial score (nSPS) is 9.92. The largest absolute Gasteiger partial charge is 0.384 e. The van der Waals surface area contributed by atoms with Crippen LogP contribution in [0.3, 0.4) is 0 Å². The van der Waals surface area contributed by atoms with Gasteiger partial charge < -0.3 is 11.5 Å². The molecule has 0 bridgehead atoms. The van der Waals surface area contributed by atoms with E-state index < -0.39 is 5.91 Å². The molecule has 1 amide bonds. The number of primary amides is 1. The molecule has 0 aliphatic rings. The molecule has 0 aliphatic carbocycles. The smallest absolute Gasteiger partial charge is 0.248 e. The second-order valence-electron chi connectivity index (χ2n) is 2.89. The van der Waals surface area contributed by atoms with Crippen molar-refractivity contribution in [3.63, 3.8) is 0 Å². The van der Waals surface area contributed by atoms with Gasteiger partial charge in [0, 0.05) is 11.3 Å². The quantitative estimate of drug-likeness (QED) is 0.717. The fourth-order valence-corrected chi connectivity index (χ4v) is 1.14. The highest BCUT2D eigenvalue weighted by atomic mass is 16.1. The van der Waals surface area contributed by atoms with E-state index in [1.807, 2.05) is 6.92 Å². The van der Waals surface area contributed by atoms with Crippen LogP contribution < -0.4 is 11.5 Å². The van der Waals surface area contributed by atoms with Crippen LogP contribution in [0.1, 0.15) is 29.4 Å². The maximum Gasteiger partial charge on any atom is 0.248 e. The van der Waals surface area contributed by atoms with Crippen LogP contribution in [0, 0.1) is 0 Å². The maximum absolute atomic E-state index is 10.8. The summed E-state index contributed by atoms with van der Waals surface area (Å²) in [4.78, 5) is 14.9. The van der Waals surface area contributed by atoms with E-state index in [1.54, 1.807) is 6.07 Å². The van der Waals surface area contributed by atoms with Crippen molar-refractivity contribution < 1.29 is 4.79 Å². The van der Waals surface area contributed by atoms with Crippen molar-refractivity contribution in [3.05, 3.63) is 23.4 Å². The number of aryl methyl sites for hydroxylation is 1. The van der Waals surface area contributed by atoms with Gasteiger partial charge in [-0.25, -0.2) is 4.98 Å². The molecule has 70 valence electrons. The summed E-state index contributed by atoms with van der Waals surface area (Å²) in [5.41, 5.74) is 11.9. The van der Waals surface area contributed by atoms with Crippen LogP contribution in [0.4, 0.5) is 5.82 Å². The predicted octanol–water partition coefficient (Wildman–Crippen LogP) is 0.715. The number of amides is 1. The summed E-state index contributed by atoms with van der Waals surface area (Å²) in [6.07, 6.45) is 1.78. The van der Waals surface area contributed by atoms with Crippen LogP contribution in [-0.2, 0) is 6.42 Å². The number of anilines is 1. The second-order valence-corrected chi connectivity index (χ2v) is 2.89. The number of nitrogens with two attached hydrogens (primary N) is 2. The molecule has 4 heteroatoms. The Hall–Kier alpha value is -1.58. The van der Waals surface area contributed by atoms with Gasteiger partial charge in [-0.2, -0.15) is 0 Å². The van der Waals surface area contributed by atoms with Crippen molar-refractivity contribution in [3.8, 4) is 0 Å². The van der Waals surface area contributed by atoms with Crippen LogP contribution in [0.2, 0.25) is 0 Å². The first-order chi connectivity index (χ1) is 6.13. The Morgan fingerprint density at radius 3 is 2.77 bits per heavy atom. The third-order valence-corrected chi connectivity index (χ3v) is 1.69. The van der Waals surface area contributed by atoms with E-state index in [2.05, 4.69) is 4.98 Å². The van der Waals surface area contributed by atoms with Crippen LogP contribution in [0.25, 0.3) is 0 Å². The lowest BCUT2D eigenvalue weighted by Crippen LogP contribution is -2.12. The molecule has 1 aromatic heterocycles. The number of nitrogen functional groups attached to an aromatic ring is 1. The maximum atomic E-state index is 10.8. The zero-order valence-corrected chi connectivity index (χ0v) is 7.58. The SMILES string of the molecule is CCCc1cc(C(N)=O)cc(N)n1. The molecule has 0 aliphatic heterocycles. The highest BCUT2D eigenvalue weighted by Crippen LogP contribution is 2.08. The summed E-state index contributed by atoms with van der Waals surface area (Å²) in [5.74, 6) is -0.119. The van der Waals surface area contributed by atoms with Gasteiger partial charge >= 0.3 is 0 Å². The van der Waals surface area contributed by atoms with Crippen LogP contribution in [0.15, 0.2) is 12.1 Å². The lowest BCUT2D eigenvalue weighted by atomic mass is 10.1. The van der Waals surface area contributed by atoms with Gasteiger partial charge in [0.25, 0.3) is 0 Å². The van der Waals surface area contributed by atoms with Crippen molar-refractivity contribution in [2.75, 3.05) is 5.73 Å². The van der Waals surface area contributed by atoms with Gasteiger partial charge in [-0.05, 0) is 18.6 Å². The molecular formula is C9H13N3O. The van der Waals surface area contributed by atoms with E-state index in [4.69, 9.17) is 11.5 Å². The van der Waals surface area contributed by atoms with E-state index in [9.17, 15) is 4.79 Å². The Morgan fingerprint density at radius 1 is 1.54 bits per heavy atom. The van der Waals surface area contributed by atoms with E-state index in [0.29, 0.717) is 11.4 Å². The minimum absolute atomic E-state index is 0.347. The number of nitrogens with zero attached hydrogens (tertiary/aromatic N) is 1. The molecule has 13 heavy (non-hydrogen) atoms. The highest BCUT2D eigenvalue weighted by molar-refractivity contribution is 5.93. The Kier molecular flexibility index (Phi) is 2.84. The molecule has 1 rings (SSSR count). The summed E-state index contributed by atoms with van der Waals surface area (Å²) >= 11 is 0. The number of aromatic nitrogens is 1. The van der Waals surface area contributed by atoms with Crippen molar-refractivity contribution in [1.82, 2.24) is 4.98 Å². The summed E-state index contributed by atoms with van der Waals surface area (Å²) in [5, 5.41) is 0. The molecule has 1 heterocycles. The number of pyridine rings is 1. The Labute approximate surface area is 77.0 Å². The average Bonchev–Trinajstić information content (AvgIpc) is 2.03. The Balaban J connectivity index is 3.03. The lowest BCUT2D eigenvalue weighted by molar-refractivity contribution is 0.1000. The minimum Gasteiger partial charge on any atom is -0.384 e. The monoisotopic (exact) mass is 179 g/mol. The standard InChI is InChI=1S/C9H13N3O/c1-2-3-7-4-6(9(11)13)5-8(10)12-7/h4-5H,2-3H2,1H3,(H2,10,12)(H2,11,13). The van der Waals surface area contributed by atoms with Crippen molar-refractivity contribution in [2.45, 2.75) is 19.8 Å². The molecule has 0 fully saturated rings. The molecule has 0 atom stereocenters. The topological polar surface area (TPSA) is 82.0 Å². The van der Waals surface area contributed by atoms with Gasteiger partial charge in [0.15, 0.2) is 0 Å². The van der Waals surface area contributed by atoms with Crippen LogP contribution in [0.5, 0.6) is 0 Å². The molecule has 0 spiro atoms. The molecule has 1 aromatic rings. The first-order valence-electron chi connectivity index (χ1n) is 4.19. The molecule has 4 N–H and O–H groups in total. The first kappa shape index (κ1) is 9.51. The van der Waals surface area contributed by atoms with Gasteiger partial charge in [0.1, 0.15) is 5.82 Å². The number of hydrogen-bond donors (Lipinski definition) is 2.